The summed E-state index contributed by atoms with van der Waals surface area (Å²) in [4.78, 5) is 14.6. The highest BCUT2D eigenvalue weighted by atomic mass is 16.3. The van der Waals surface area contributed by atoms with Crippen molar-refractivity contribution in [2.75, 3.05) is 26.2 Å². The molecular formula is C18H31N5O2. The Morgan fingerprint density at radius 3 is 2.84 bits per heavy atom. The minimum Gasteiger partial charge on any atom is -0.379 e. The number of amides is 1. The van der Waals surface area contributed by atoms with Gasteiger partial charge in [0.1, 0.15) is 0 Å². The molecule has 2 aliphatic rings. The molecular weight excluding hydrogens is 318 g/mol. The Balaban J connectivity index is 1.42. The van der Waals surface area contributed by atoms with Crippen LogP contribution in [-0.2, 0) is 11.3 Å². The zero-order chi connectivity index (χ0) is 17.5. The topological polar surface area (TPSA) is 83.3 Å². The average molecular weight is 349 g/mol. The lowest BCUT2D eigenvalue weighted by Gasteiger charge is -2.39. The van der Waals surface area contributed by atoms with Crippen LogP contribution in [0.15, 0.2) is 12.4 Å². The third-order valence-electron chi connectivity index (χ3n) is 5.64. The zero-order valence-corrected chi connectivity index (χ0v) is 15.1. The van der Waals surface area contributed by atoms with Crippen LogP contribution in [-0.4, -0.2) is 62.7 Å². The summed E-state index contributed by atoms with van der Waals surface area (Å²) in [5, 5.41) is 21.7. The number of piperidine rings is 1. The third kappa shape index (κ3) is 5.01. The van der Waals surface area contributed by atoms with E-state index in [0.29, 0.717) is 26.1 Å². The molecule has 1 amide bonds. The minimum absolute atomic E-state index is 0.0946. The second kappa shape index (κ2) is 8.76. The highest BCUT2D eigenvalue weighted by molar-refractivity contribution is 5.86. The van der Waals surface area contributed by atoms with Crippen molar-refractivity contribution in [3.8, 4) is 0 Å². The lowest BCUT2D eigenvalue weighted by Crippen LogP contribution is -2.58. The average Bonchev–Trinajstić information content (AvgIpc) is 3.15. The first-order chi connectivity index (χ1) is 12.2. The van der Waals surface area contributed by atoms with Crippen LogP contribution in [0.2, 0.25) is 0 Å². The molecule has 0 bridgehead atoms. The molecule has 1 saturated heterocycles. The fourth-order valence-corrected chi connectivity index (χ4v) is 4.10. The van der Waals surface area contributed by atoms with Crippen molar-refractivity contribution in [1.29, 1.82) is 0 Å². The maximum atomic E-state index is 12.8. The molecule has 1 aromatic rings. The molecule has 7 nitrogen and oxygen atoms in total. The first kappa shape index (κ1) is 18.3. The van der Waals surface area contributed by atoms with E-state index in [-0.39, 0.29) is 5.91 Å². The van der Waals surface area contributed by atoms with Crippen LogP contribution in [0.3, 0.4) is 0 Å². The summed E-state index contributed by atoms with van der Waals surface area (Å²) < 4.78 is 1.73. The molecule has 2 heterocycles. The van der Waals surface area contributed by atoms with E-state index in [4.69, 9.17) is 0 Å². The SMILES string of the molecule is O=C1N(CCC2CCCCC2)CCC[C@]1(O)CNCCn1ccnn1. The van der Waals surface area contributed by atoms with E-state index < -0.39 is 5.60 Å². The van der Waals surface area contributed by atoms with Gasteiger partial charge in [-0.2, -0.15) is 0 Å². The number of hydrogen-bond donors (Lipinski definition) is 2. The Labute approximate surface area is 149 Å². The van der Waals surface area contributed by atoms with Crippen LogP contribution in [0.1, 0.15) is 51.4 Å². The monoisotopic (exact) mass is 349 g/mol. The molecule has 140 valence electrons. The molecule has 1 aliphatic heterocycles. The summed E-state index contributed by atoms with van der Waals surface area (Å²) >= 11 is 0. The van der Waals surface area contributed by atoms with Crippen LogP contribution in [0.5, 0.6) is 0 Å². The van der Waals surface area contributed by atoms with Gasteiger partial charge in [0.15, 0.2) is 5.60 Å². The maximum Gasteiger partial charge on any atom is 0.255 e. The van der Waals surface area contributed by atoms with Crippen LogP contribution in [0.25, 0.3) is 0 Å². The maximum absolute atomic E-state index is 12.8. The van der Waals surface area contributed by atoms with Crippen molar-refractivity contribution in [1.82, 2.24) is 25.2 Å². The fraction of sp³-hybridized carbons (Fsp3) is 0.833. The summed E-state index contributed by atoms with van der Waals surface area (Å²) in [7, 11) is 0. The van der Waals surface area contributed by atoms with E-state index in [1.165, 1.54) is 32.1 Å². The Morgan fingerprint density at radius 1 is 1.24 bits per heavy atom. The summed E-state index contributed by atoms with van der Waals surface area (Å²) in [6.45, 7) is 3.22. The predicted octanol–water partition coefficient (Wildman–Crippen LogP) is 1.19. The predicted molar refractivity (Wildman–Crippen MR) is 94.8 cm³/mol. The molecule has 2 fully saturated rings. The number of aromatic nitrogens is 3. The summed E-state index contributed by atoms with van der Waals surface area (Å²) in [5.74, 6) is 0.667. The number of aliphatic hydroxyl groups is 1. The lowest BCUT2D eigenvalue weighted by atomic mass is 9.86. The van der Waals surface area contributed by atoms with Gasteiger partial charge in [-0.3, -0.25) is 9.48 Å². The van der Waals surface area contributed by atoms with Gasteiger partial charge in [-0.05, 0) is 25.2 Å². The highest BCUT2D eigenvalue weighted by Gasteiger charge is 2.41. The van der Waals surface area contributed by atoms with Crippen LogP contribution < -0.4 is 5.32 Å². The molecule has 2 N–H and O–H groups in total. The molecule has 0 aromatic carbocycles. The van der Waals surface area contributed by atoms with Gasteiger partial charge < -0.3 is 15.3 Å². The molecule has 7 heteroatoms. The van der Waals surface area contributed by atoms with Gasteiger partial charge in [-0.15, -0.1) is 5.10 Å². The van der Waals surface area contributed by atoms with Gasteiger partial charge in [0.2, 0.25) is 0 Å². The molecule has 3 rings (SSSR count). The summed E-state index contributed by atoms with van der Waals surface area (Å²) in [5.41, 5.74) is -1.26. The molecule has 0 radical (unpaired) electrons. The van der Waals surface area contributed by atoms with Crippen molar-refractivity contribution in [2.45, 2.75) is 63.5 Å². The van der Waals surface area contributed by atoms with Crippen molar-refractivity contribution in [3.05, 3.63) is 12.4 Å². The Kier molecular flexibility index (Phi) is 6.42. The molecule has 0 spiro atoms. The van der Waals surface area contributed by atoms with Crippen LogP contribution >= 0.6 is 0 Å². The molecule has 1 aromatic heterocycles. The zero-order valence-electron chi connectivity index (χ0n) is 15.1. The number of nitrogens with zero attached hydrogens (tertiary/aromatic N) is 4. The van der Waals surface area contributed by atoms with Crippen LogP contribution in [0.4, 0.5) is 0 Å². The van der Waals surface area contributed by atoms with E-state index in [9.17, 15) is 9.90 Å². The van der Waals surface area contributed by atoms with Crippen molar-refractivity contribution < 1.29 is 9.90 Å². The highest BCUT2D eigenvalue weighted by Crippen LogP contribution is 2.28. The van der Waals surface area contributed by atoms with Gasteiger partial charge in [0.25, 0.3) is 5.91 Å². The molecule has 1 atom stereocenters. The van der Waals surface area contributed by atoms with E-state index in [2.05, 4.69) is 15.6 Å². The van der Waals surface area contributed by atoms with E-state index >= 15 is 0 Å². The third-order valence-corrected chi connectivity index (χ3v) is 5.64. The smallest absolute Gasteiger partial charge is 0.255 e. The van der Waals surface area contributed by atoms with Gasteiger partial charge in [0.05, 0.1) is 12.7 Å². The summed E-state index contributed by atoms with van der Waals surface area (Å²) in [6, 6.07) is 0. The quantitative estimate of drug-likeness (QED) is 0.689. The van der Waals surface area contributed by atoms with E-state index in [0.717, 1.165) is 31.8 Å². The number of rotatable bonds is 8. The lowest BCUT2D eigenvalue weighted by molar-refractivity contribution is -0.156. The van der Waals surface area contributed by atoms with Crippen molar-refractivity contribution in [2.24, 2.45) is 5.92 Å². The standard InChI is InChI=1S/C18H31N5O2/c24-17-18(25,15-19-9-13-23-14-10-20-21-23)8-4-11-22(17)12-7-16-5-2-1-3-6-16/h10,14,16,19,25H,1-9,11-13,15H2/t18-/m0/s1. The number of likely N-dealkylation sites (tertiary alicyclic amines) is 1. The molecule has 1 aliphatic carbocycles. The number of nitrogens with one attached hydrogen (secondary N) is 1. The normalized spacial score (nSPS) is 25.5. The Bertz CT molecular complexity index is 530. The first-order valence-electron chi connectivity index (χ1n) is 9.74. The van der Waals surface area contributed by atoms with Crippen molar-refractivity contribution in [3.63, 3.8) is 0 Å². The summed E-state index contributed by atoms with van der Waals surface area (Å²) in [6.07, 6.45) is 12.6. The largest absolute Gasteiger partial charge is 0.379 e. The van der Waals surface area contributed by atoms with Crippen molar-refractivity contribution >= 4 is 5.91 Å². The molecule has 1 saturated carbocycles. The minimum atomic E-state index is -1.26. The van der Waals surface area contributed by atoms with Gasteiger partial charge >= 0.3 is 0 Å². The van der Waals surface area contributed by atoms with Gasteiger partial charge in [-0.25, -0.2) is 0 Å². The van der Waals surface area contributed by atoms with Crippen LogP contribution in [0, 0.1) is 5.92 Å². The van der Waals surface area contributed by atoms with Gasteiger partial charge in [0, 0.05) is 32.4 Å². The van der Waals surface area contributed by atoms with Gasteiger partial charge in [-0.1, -0.05) is 37.3 Å². The number of carbonyl (C=O) groups is 1. The van der Waals surface area contributed by atoms with E-state index in [1.54, 1.807) is 17.1 Å². The first-order valence-corrected chi connectivity index (χ1v) is 9.74. The second-order valence-corrected chi connectivity index (χ2v) is 7.56. The molecule has 25 heavy (non-hydrogen) atoms. The Hall–Kier alpha value is -1.47. The fourth-order valence-electron chi connectivity index (χ4n) is 4.10. The number of carbonyl (C=O) groups excluding carboxylic acids is 1. The number of hydrogen-bond acceptors (Lipinski definition) is 5. The molecule has 0 unspecified atom stereocenters. The van der Waals surface area contributed by atoms with E-state index in [1.807, 2.05) is 4.90 Å². The second-order valence-electron chi connectivity index (χ2n) is 7.56. The Morgan fingerprint density at radius 2 is 2.08 bits per heavy atom.